The van der Waals surface area contributed by atoms with E-state index >= 15 is 0 Å². The molecular weight excluding hydrogens is 252 g/mol. The molecule has 0 radical (unpaired) electrons. The fourth-order valence-corrected chi connectivity index (χ4v) is 3.18. The number of rotatable bonds is 2. The molecule has 1 aliphatic rings. The quantitative estimate of drug-likeness (QED) is 0.882. The first-order valence-electron chi connectivity index (χ1n) is 5.93. The van der Waals surface area contributed by atoms with Gasteiger partial charge in [-0.05, 0) is 26.0 Å². The highest BCUT2D eigenvalue weighted by molar-refractivity contribution is 7.86. The van der Waals surface area contributed by atoms with Gasteiger partial charge in [0.25, 0.3) is 0 Å². The topological polar surface area (TPSA) is 62.6 Å². The minimum Gasteiger partial charge on any atom is -0.467 e. The lowest BCUT2D eigenvalue weighted by Gasteiger charge is -2.37. The van der Waals surface area contributed by atoms with E-state index in [0.717, 1.165) is 5.76 Å². The molecule has 1 aliphatic heterocycles. The van der Waals surface area contributed by atoms with Crippen LogP contribution in [0.3, 0.4) is 0 Å². The highest BCUT2D eigenvalue weighted by Gasteiger charge is 2.35. The monoisotopic (exact) mass is 270 g/mol. The summed E-state index contributed by atoms with van der Waals surface area (Å²) in [6.45, 7) is 5.29. The summed E-state index contributed by atoms with van der Waals surface area (Å²) >= 11 is 0. The number of carbonyl (C=O) groups is 1. The molecule has 5 nitrogen and oxygen atoms in total. The number of hydrogen-bond donors (Lipinski definition) is 1. The first-order valence-corrected chi connectivity index (χ1v) is 7.24. The van der Waals surface area contributed by atoms with E-state index in [2.05, 4.69) is 5.32 Å². The molecule has 18 heavy (non-hydrogen) atoms. The SMILES string of the molecule is CC1(C)CN(C(=O)NCc2ccco2)CC[S@@]1=O. The van der Waals surface area contributed by atoms with E-state index in [1.165, 1.54) is 0 Å². The molecule has 0 aliphatic carbocycles. The van der Waals surface area contributed by atoms with Gasteiger partial charge in [-0.1, -0.05) is 0 Å². The minimum absolute atomic E-state index is 0.129. The van der Waals surface area contributed by atoms with Crippen LogP contribution in [0.5, 0.6) is 0 Å². The Bertz CT molecular complexity index is 442. The van der Waals surface area contributed by atoms with Gasteiger partial charge in [-0.15, -0.1) is 0 Å². The van der Waals surface area contributed by atoms with Crippen LogP contribution < -0.4 is 5.32 Å². The van der Waals surface area contributed by atoms with Crippen LogP contribution in [0.1, 0.15) is 19.6 Å². The third-order valence-electron chi connectivity index (χ3n) is 3.02. The molecule has 2 rings (SSSR count). The Morgan fingerprint density at radius 3 is 3.00 bits per heavy atom. The molecule has 2 amide bonds. The highest BCUT2D eigenvalue weighted by atomic mass is 32.2. The second kappa shape index (κ2) is 5.14. The number of furan rings is 1. The molecule has 1 aromatic heterocycles. The Kier molecular flexibility index (Phi) is 3.75. The molecule has 1 atom stereocenters. The van der Waals surface area contributed by atoms with E-state index in [0.29, 0.717) is 25.4 Å². The number of nitrogens with one attached hydrogen (secondary N) is 1. The van der Waals surface area contributed by atoms with Crippen LogP contribution >= 0.6 is 0 Å². The summed E-state index contributed by atoms with van der Waals surface area (Å²) in [7, 11) is -0.861. The summed E-state index contributed by atoms with van der Waals surface area (Å²) < 4.78 is 16.6. The Morgan fingerprint density at radius 1 is 1.61 bits per heavy atom. The van der Waals surface area contributed by atoms with Crippen LogP contribution in [-0.4, -0.2) is 38.7 Å². The summed E-state index contributed by atoms with van der Waals surface area (Å²) in [5.74, 6) is 1.27. The van der Waals surface area contributed by atoms with Gasteiger partial charge in [0, 0.05) is 29.6 Å². The predicted octanol–water partition coefficient (Wildman–Crippen LogP) is 1.33. The lowest BCUT2D eigenvalue weighted by molar-refractivity contribution is 0.192. The van der Waals surface area contributed by atoms with Gasteiger partial charge in [0.1, 0.15) is 5.76 Å². The number of carbonyl (C=O) groups excluding carboxylic acids is 1. The van der Waals surface area contributed by atoms with Crippen molar-refractivity contribution in [3.63, 3.8) is 0 Å². The van der Waals surface area contributed by atoms with Crippen molar-refractivity contribution in [2.24, 2.45) is 0 Å². The average Bonchev–Trinajstić information content (AvgIpc) is 2.82. The third-order valence-corrected chi connectivity index (χ3v) is 4.93. The van der Waals surface area contributed by atoms with Crippen LogP contribution in [0.4, 0.5) is 4.79 Å². The van der Waals surface area contributed by atoms with Crippen molar-refractivity contribution in [3.05, 3.63) is 24.2 Å². The van der Waals surface area contributed by atoms with Crippen LogP contribution in [0.2, 0.25) is 0 Å². The zero-order valence-electron chi connectivity index (χ0n) is 10.6. The van der Waals surface area contributed by atoms with Crippen molar-refractivity contribution >= 4 is 16.8 Å². The van der Waals surface area contributed by atoms with Gasteiger partial charge in [0.05, 0.1) is 17.6 Å². The molecule has 0 saturated carbocycles. The molecule has 100 valence electrons. The summed E-state index contributed by atoms with van der Waals surface area (Å²) in [5, 5.41) is 2.80. The zero-order valence-corrected chi connectivity index (χ0v) is 11.5. The maximum Gasteiger partial charge on any atom is 0.317 e. The summed E-state index contributed by atoms with van der Waals surface area (Å²) in [6, 6.07) is 3.47. The lowest BCUT2D eigenvalue weighted by Crippen LogP contribution is -2.54. The highest BCUT2D eigenvalue weighted by Crippen LogP contribution is 2.20. The van der Waals surface area contributed by atoms with Gasteiger partial charge in [-0.2, -0.15) is 0 Å². The van der Waals surface area contributed by atoms with E-state index in [9.17, 15) is 9.00 Å². The minimum atomic E-state index is -0.861. The third kappa shape index (κ3) is 2.93. The fraction of sp³-hybridized carbons (Fsp3) is 0.583. The molecule has 6 heteroatoms. The van der Waals surface area contributed by atoms with Gasteiger partial charge < -0.3 is 14.6 Å². The number of urea groups is 1. The first-order chi connectivity index (χ1) is 8.49. The van der Waals surface area contributed by atoms with Crippen LogP contribution in [0.15, 0.2) is 22.8 Å². The van der Waals surface area contributed by atoms with Crippen LogP contribution in [0.25, 0.3) is 0 Å². The summed E-state index contributed by atoms with van der Waals surface area (Å²) in [4.78, 5) is 13.7. The van der Waals surface area contributed by atoms with Crippen molar-refractivity contribution in [2.75, 3.05) is 18.8 Å². The van der Waals surface area contributed by atoms with Crippen molar-refractivity contribution < 1.29 is 13.4 Å². The van der Waals surface area contributed by atoms with Crippen molar-refractivity contribution in [1.82, 2.24) is 10.2 Å². The van der Waals surface area contributed by atoms with Gasteiger partial charge in [-0.3, -0.25) is 4.21 Å². The van der Waals surface area contributed by atoms with Gasteiger partial charge >= 0.3 is 6.03 Å². The Morgan fingerprint density at radius 2 is 2.39 bits per heavy atom. The maximum absolute atomic E-state index is 12.0. The Balaban J connectivity index is 1.88. The maximum atomic E-state index is 12.0. The summed E-state index contributed by atoms with van der Waals surface area (Å²) in [6.07, 6.45) is 1.58. The smallest absolute Gasteiger partial charge is 0.317 e. The zero-order chi connectivity index (χ0) is 13.2. The molecule has 1 N–H and O–H groups in total. The standard InChI is InChI=1S/C12H18N2O3S/c1-12(2)9-14(5-7-18(12)16)11(15)13-8-10-4-3-6-17-10/h3-4,6H,5,7-9H2,1-2H3,(H,13,15)/t18-/m0/s1. The predicted molar refractivity (Wildman–Crippen MR) is 69.6 cm³/mol. The average molecular weight is 270 g/mol. The van der Waals surface area contributed by atoms with E-state index in [-0.39, 0.29) is 10.8 Å². The Hall–Kier alpha value is -1.30. The molecule has 1 aromatic rings. The second-order valence-corrected chi connectivity index (χ2v) is 7.17. The number of hydrogen-bond acceptors (Lipinski definition) is 3. The lowest BCUT2D eigenvalue weighted by atomic mass is 10.2. The fourth-order valence-electron chi connectivity index (χ4n) is 1.94. The van der Waals surface area contributed by atoms with E-state index < -0.39 is 10.8 Å². The van der Waals surface area contributed by atoms with Crippen molar-refractivity contribution in [3.8, 4) is 0 Å². The molecule has 0 aromatic carbocycles. The van der Waals surface area contributed by atoms with Gasteiger partial charge in [0.15, 0.2) is 0 Å². The Labute approximate surface area is 109 Å². The van der Waals surface area contributed by atoms with Crippen LogP contribution in [-0.2, 0) is 17.3 Å². The van der Waals surface area contributed by atoms with Crippen molar-refractivity contribution in [1.29, 1.82) is 0 Å². The van der Waals surface area contributed by atoms with Gasteiger partial charge in [0.2, 0.25) is 0 Å². The number of nitrogens with zero attached hydrogens (tertiary/aromatic N) is 1. The van der Waals surface area contributed by atoms with E-state index in [1.54, 1.807) is 17.2 Å². The molecule has 0 bridgehead atoms. The molecular formula is C12H18N2O3S. The van der Waals surface area contributed by atoms with E-state index in [1.807, 2.05) is 19.9 Å². The molecule has 0 spiro atoms. The molecule has 2 heterocycles. The van der Waals surface area contributed by atoms with Gasteiger partial charge in [-0.25, -0.2) is 4.79 Å². The normalized spacial score (nSPS) is 22.8. The first kappa shape index (κ1) is 13.1. The molecule has 1 saturated heterocycles. The van der Waals surface area contributed by atoms with E-state index in [4.69, 9.17) is 4.42 Å². The molecule has 1 fully saturated rings. The molecule has 0 unspecified atom stereocenters. The number of amides is 2. The second-order valence-electron chi connectivity index (χ2n) is 4.97. The van der Waals surface area contributed by atoms with Crippen molar-refractivity contribution in [2.45, 2.75) is 25.1 Å². The van der Waals surface area contributed by atoms with Crippen LogP contribution in [0, 0.1) is 0 Å². The summed E-state index contributed by atoms with van der Waals surface area (Å²) in [5.41, 5.74) is 0. The largest absolute Gasteiger partial charge is 0.467 e.